The van der Waals surface area contributed by atoms with Crippen molar-refractivity contribution in [3.8, 4) is 17.1 Å². The first-order valence-corrected chi connectivity index (χ1v) is 10.5. The third-order valence-corrected chi connectivity index (χ3v) is 5.94. The summed E-state index contributed by atoms with van der Waals surface area (Å²) in [7, 11) is -3.81. The molecule has 0 unspecified atom stereocenters. The fourth-order valence-corrected chi connectivity index (χ4v) is 3.89. The van der Waals surface area contributed by atoms with E-state index in [1.807, 2.05) is 0 Å². The summed E-state index contributed by atoms with van der Waals surface area (Å²) in [5.74, 6) is 0.0344. The van der Waals surface area contributed by atoms with Crippen molar-refractivity contribution in [3.05, 3.63) is 36.5 Å². The van der Waals surface area contributed by atoms with E-state index in [1.165, 1.54) is 29.9 Å². The highest BCUT2D eigenvalue weighted by atomic mass is 32.2. The van der Waals surface area contributed by atoms with Crippen LogP contribution in [-0.2, 0) is 16.0 Å². The van der Waals surface area contributed by atoms with Crippen molar-refractivity contribution in [2.75, 3.05) is 12.4 Å². The van der Waals surface area contributed by atoms with E-state index in [9.17, 15) is 21.6 Å². The number of ether oxygens (including phenoxy) is 1. The summed E-state index contributed by atoms with van der Waals surface area (Å²) >= 11 is 0. The lowest BCUT2D eigenvalue weighted by Crippen LogP contribution is -2.08. The molecule has 0 saturated carbocycles. The van der Waals surface area contributed by atoms with Crippen molar-refractivity contribution >= 4 is 21.1 Å². The first kappa shape index (κ1) is 20.1. The Balaban J connectivity index is 2.02. The van der Waals surface area contributed by atoms with Crippen molar-refractivity contribution in [2.24, 2.45) is 0 Å². The van der Waals surface area contributed by atoms with Gasteiger partial charge in [-0.2, -0.15) is 22.8 Å². The normalized spacial score (nSPS) is 12.7. The van der Waals surface area contributed by atoms with Gasteiger partial charge in [-0.3, -0.25) is 0 Å². The molecule has 0 aromatic carbocycles. The van der Waals surface area contributed by atoms with E-state index in [2.05, 4.69) is 20.1 Å². The Morgan fingerprint density at radius 2 is 1.93 bits per heavy atom. The Kier molecular flexibility index (Phi) is 4.64. The Labute approximate surface area is 168 Å². The van der Waals surface area contributed by atoms with Crippen LogP contribution in [0.4, 0.5) is 13.2 Å². The maximum atomic E-state index is 13.0. The first-order chi connectivity index (χ1) is 14.2. The number of hydrogen-bond acceptors (Lipinski definition) is 7. The standard InChI is InChI=1S/C17H15F3N6O3S/c1-3-29-13-5-6-21-15-14(16(24-26(13)15)30(27,28)4-2)10-8-25-9-11(17(18,19)20)22-7-12(25)23-10/h5-9H,3-4H2,1-2H3. The number of imidazole rings is 1. The van der Waals surface area contributed by atoms with E-state index < -0.39 is 21.7 Å². The SMILES string of the molecule is CCOc1ccnc2c(-c3cn4cc(C(F)(F)F)ncc4n3)c(S(=O)(=O)CC)nn12. The molecule has 0 radical (unpaired) electrons. The second-order valence-electron chi connectivity index (χ2n) is 6.20. The van der Waals surface area contributed by atoms with E-state index in [0.717, 1.165) is 16.8 Å². The summed E-state index contributed by atoms with van der Waals surface area (Å²) in [6.07, 6.45) is -0.177. The molecule has 13 heteroatoms. The summed E-state index contributed by atoms with van der Waals surface area (Å²) in [4.78, 5) is 11.8. The molecule has 0 aliphatic heterocycles. The molecule has 0 amide bonds. The zero-order valence-corrected chi connectivity index (χ0v) is 16.6. The average molecular weight is 440 g/mol. The second-order valence-corrected chi connectivity index (χ2v) is 8.39. The number of sulfone groups is 1. The number of hydrogen-bond donors (Lipinski definition) is 0. The zero-order chi connectivity index (χ0) is 21.7. The van der Waals surface area contributed by atoms with Gasteiger partial charge in [-0.05, 0) is 6.92 Å². The zero-order valence-electron chi connectivity index (χ0n) is 15.8. The maximum absolute atomic E-state index is 13.0. The molecule has 0 spiro atoms. The van der Waals surface area contributed by atoms with Crippen molar-refractivity contribution in [1.29, 1.82) is 0 Å². The molecule has 4 aromatic rings. The van der Waals surface area contributed by atoms with Gasteiger partial charge in [0.25, 0.3) is 0 Å². The summed E-state index contributed by atoms with van der Waals surface area (Å²) in [6, 6.07) is 1.53. The minimum absolute atomic E-state index is 0.0793. The smallest absolute Gasteiger partial charge is 0.434 e. The molecule has 9 nitrogen and oxygen atoms in total. The number of rotatable bonds is 5. The van der Waals surface area contributed by atoms with Crippen LogP contribution in [0.25, 0.3) is 22.6 Å². The predicted octanol–water partition coefficient (Wildman–Crippen LogP) is 2.65. The third-order valence-electron chi connectivity index (χ3n) is 4.31. The highest BCUT2D eigenvalue weighted by Gasteiger charge is 2.33. The third kappa shape index (κ3) is 3.24. The van der Waals surface area contributed by atoms with Gasteiger partial charge in [-0.1, -0.05) is 6.92 Å². The predicted molar refractivity (Wildman–Crippen MR) is 98.9 cm³/mol. The molecule has 0 saturated heterocycles. The van der Waals surface area contributed by atoms with Crippen molar-refractivity contribution in [3.63, 3.8) is 0 Å². The van der Waals surface area contributed by atoms with E-state index in [0.29, 0.717) is 6.61 Å². The van der Waals surface area contributed by atoms with Gasteiger partial charge < -0.3 is 9.14 Å². The van der Waals surface area contributed by atoms with Crippen molar-refractivity contribution < 1.29 is 26.3 Å². The maximum Gasteiger partial charge on any atom is 0.434 e. The number of nitrogens with zero attached hydrogens (tertiary/aromatic N) is 6. The summed E-state index contributed by atoms with van der Waals surface area (Å²) < 4.78 is 72.2. The summed E-state index contributed by atoms with van der Waals surface area (Å²) in [6.45, 7) is 3.53. The quantitative estimate of drug-likeness (QED) is 0.470. The monoisotopic (exact) mass is 440 g/mol. The highest BCUT2D eigenvalue weighted by Crippen LogP contribution is 2.33. The van der Waals surface area contributed by atoms with Crippen LogP contribution in [0.3, 0.4) is 0 Å². The lowest BCUT2D eigenvalue weighted by Gasteiger charge is -2.04. The summed E-state index contributed by atoms with van der Waals surface area (Å²) in [5.41, 5.74) is -0.662. The second kappa shape index (κ2) is 6.93. The fraction of sp³-hybridized carbons (Fsp3) is 0.294. The lowest BCUT2D eigenvalue weighted by molar-refractivity contribution is -0.141. The molecular weight excluding hydrogens is 425 g/mol. The molecule has 4 aromatic heterocycles. The number of aromatic nitrogens is 6. The van der Waals surface area contributed by atoms with Gasteiger partial charge in [0.15, 0.2) is 31.9 Å². The van der Waals surface area contributed by atoms with E-state index in [1.54, 1.807) is 6.92 Å². The molecule has 4 heterocycles. The van der Waals surface area contributed by atoms with Gasteiger partial charge in [-0.25, -0.2) is 23.4 Å². The molecule has 0 aliphatic carbocycles. The molecule has 4 rings (SSSR count). The Morgan fingerprint density at radius 1 is 1.17 bits per heavy atom. The van der Waals surface area contributed by atoms with Gasteiger partial charge >= 0.3 is 6.18 Å². The molecule has 0 aliphatic rings. The van der Waals surface area contributed by atoms with Crippen LogP contribution in [0.2, 0.25) is 0 Å². The number of fused-ring (bicyclic) bond motifs is 2. The van der Waals surface area contributed by atoms with E-state index >= 15 is 0 Å². The van der Waals surface area contributed by atoms with Crippen molar-refractivity contribution in [1.82, 2.24) is 29.0 Å². The molecule has 158 valence electrons. The van der Waals surface area contributed by atoms with Gasteiger partial charge in [0.2, 0.25) is 5.88 Å². The topological polar surface area (TPSA) is 104 Å². The van der Waals surface area contributed by atoms with E-state index in [-0.39, 0.29) is 39.2 Å². The molecule has 0 bridgehead atoms. The van der Waals surface area contributed by atoms with Crippen LogP contribution in [0.1, 0.15) is 19.5 Å². The number of alkyl halides is 3. The molecular formula is C17H15F3N6O3S. The molecule has 0 N–H and O–H groups in total. The van der Waals surface area contributed by atoms with Crippen LogP contribution in [0.15, 0.2) is 35.9 Å². The molecule has 0 fully saturated rings. The van der Waals surface area contributed by atoms with Gasteiger partial charge in [0.05, 0.1) is 29.8 Å². The van der Waals surface area contributed by atoms with Gasteiger partial charge in [-0.15, -0.1) is 0 Å². The van der Waals surface area contributed by atoms with Crippen LogP contribution >= 0.6 is 0 Å². The highest BCUT2D eigenvalue weighted by molar-refractivity contribution is 7.91. The van der Waals surface area contributed by atoms with Crippen LogP contribution in [-0.4, -0.2) is 49.7 Å². The lowest BCUT2D eigenvalue weighted by atomic mass is 10.2. The van der Waals surface area contributed by atoms with Crippen LogP contribution < -0.4 is 4.74 Å². The minimum Gasteiger partial charge on any atom is -0.478 e. The Hall–Kier alpha value is -3.22. The van der Waals surface area contributed by atoms with Crippen LogP contribution in [0.5, 0.6) is 5.88 Å². The van der Waals surface area contributed by atoms with Crippen LogP contribution in [0, 0.1) is 0 Å². The van der Waals surface area contributed by atoms with Gasteiger partial charge in [0, 0.05) is 24.7 Å². The average Bonchev–Trinajstić information content (AvgIpc) is 3.29. The molecule has 30 heavy (non-hydrogen) atoms. The fourth-order valence-electron chi connectivity index (χ4n) is 2.91. The Bertz CT molecular complexity index is 1360. The molecule has 0 atom stereocenters. The minimum atomic E-state index is -4.63. The van der Waals surface area contributed by atoms with Gasteiger partial charge in [0.1, 0.15) is 0 Å². The largest absolute Gasteiger partial charge is 0.478 e. The first-order valence-electron chi connectivity index (χ1n) is 8.81. The van der Waals surface area contributed by atoms with E-state index in [4.69, 9.17) is 4.74 Å². The van der Waals surface area contributed by atoms with Crippen molar-refractivity contribution in [2.45, 2.75) is 25.0 Å². The summed E-state index contributed by atoms with van der Waals surface area (Å²) in [5, 5.41) is 3.89. The number of halogens is 3. The Morgan fingerprint density at radius 3 is 2.60 bits per heavy atom.